The number of anilines is 1. The van der Waals surface area contributed by atoms with Gasteiger partial charge in [0.25, 0.3) is 0 Å². The van der Waals surface area contributed by atoms with Gasteiger partial charge in [0, 0.05) is 6.26 Å². The monoisotopic (exact) mass is 188 g/mol. The lowest BCUT2D eigenvalue weighted by Gasteiger charge is -1.98. The smallest absolute Gasteiger partial charge is 0.237 e. The molecule has 0 saturated heterocycles. The molecule has 0 atom stereocenters. The summed E-state index contributed by atoms with van der Waals surface area (Å²) in [6.45, 7) is 0. The first kappa shape index (κ1) is 8.88. The van der Waals surface area contributed by atoms with E-state index < -0.39 is 9.84 Å². The number of nitrogen functional groups attached to an aromatic ring is 1. The molecular weight excluding hydrogens is 180 g/mol. The molecule has 12 heavy (non-hydrogen) atoms. The molecule has 1 aromatic rings. The van der Waals surface area contributed by atoms with Crippen LogP contribution in [0.2, 0.25) is 0 Å². The van der Waals surface area contributed by atoms with Crippen molar-refractivity contribution in [3.63, 3.8) is 0 Å². The van der Waals surface area contributed by atoms with E-state index in [4.69, 9.17) is 5.84 Å². The van der Waals surface area contributed by atoms with Gasteiger partial charge in [0.15, 0.2) is 9.84 Å². The van der Waals surface area contributed by atoms with Gasteiger partial charge in [0.1, 0.15) is 4.90 Å². The van der Waals surface area contributed by atoms with E-state index in [1.807, 2.05) is 0 Å². The maximum atomic E-state index is 10.9. The number of nitrogens with zero attached hydrogens (tertiary/aromatic N) is 2. The lowest BCUT2D eigenvalue weighted by Crippen LogP contribution is -2.11. The molecule has 0 aromatic carbocycles. The first-order chi connectivity index (χ1) is 5.54. The van der Waals surface area contributed by atoms with Gasteiger partial charge in [-0.1, -0.05) is 0 Å². The summed E-state index contributed by atoms with van der Waals surface area (Å²) in [4.78, 5) is 7.35. The van der Waals surface area contributed by atoms with Gasteiger partial charge < -0.3 is 0 Å². The average molecular weight is 188 g/mol. The number of nitrogens with two attached hydrogens (primary N) is 1. The SMILES string of the molecule is CS(=O)(=O)c1cnc(NN)nc1. The fraction of sp³-hybridized carbons (Fsp3) is 0.200. The Morgan fingerprint density at radius 2 is 1.92 bits per heavy atom. The number of hydrazine groups is 1. The molecule has 3 N–H and O–H groups in total. The second-order valence-corrected chi connectivity index (χ2v) is 4.17. The Balaban J connectivity index is 3.09. The Morgan fingerprint density at radius 1 is 1.42 bits per heavy atom. The first-order valence-corrected chi connectivity index (χ1v) is 4.92. The quantitative estimate of drug-likeness (QED) is 0.464. The van der Waals surface area contributed by atoms with Crippen LogP contribution in [0, 0.1) is 0 Å². The third-order valence-electron chi connectivity index (χ3n) is 1.19. The number of nitrogens with one attached hydrogen (secondary N) is 1. The van der Waals surface area contributed by atoms with Crippen molar-refractivity contribution in [2.75, 3.05) is 11.7 Å². The van der Waals surface area contributed by atoms with Crippen molar-refractivity contribution >= 4 is 15.8 Å². The maximum absolute atomic E-state index is 10.9. The Labute approximate surface area is 69.7 Å². The fourth-order valence-electron chi connectivity index (χ4n) is 0.582. The van der Waals surface area contributed by atoms with Crippen molar-refractivity contribution < 1.29 is 8.42 Å². The van der Waals surface area contributed by atoms with Crippen molar-refractivity contribution in [3.05, 3.63) is 12.4 Å². The van der Waals surface area contributed by atoms with Crippen molar-refractivity contribution in [2.45, 2.75) is 4.90 Å². The molecule has 7 heteroatoms. The van der Waals surface area contributed by atoms with Gasteiger partial charge in [0.05, 0.1) is 12.4 Å². The Kier molecular flexibility index (Phi) is 2.25. The van der Waals surface area contributed by atoms with E-state index in [1.165, 1.54) is 12.4 Å². The lowest BCUT2D eigenvalue weighted by atomic mass is 10.7. The van der Waals surface area contributed by atoms with E-state index in [1.54, 1.807) is 0 Å². The highest BCUT2D eigenvalue weighted by Gasteiger charge is 2.07. The largest absolute Gasteiger partial charge is 0.292 e. The maximum Gasteiger partial charge on any atom is 0.237 e. The van der Waals surface area contributed by atoms with Crippen LogP contribution in [-0.4, -0.2) is 24.6 Å². The van der Waals surface area contributed by atoms with Crippen molar-refractivity contribution in [1.82, 2.24) is 9.97 Å². The molecule has 0 amide bonds. The molecule has 1 heterocycles. The fourth-order valence-corrected chi connectivity index (χ4v) is 1.07. The van der Waals surface area contributed by atoms with Gasteiger partial charge in [-0.05, 0) is 0 Å². The number of rotatable bonds is 2. The summed E-state index contributed by atoms with van der Waals surface area (Å²) in [6.07, 6.45) is 3.47. The summed E-state index contributed by atoms with van der Waals surface area (Å²) in [5.41, 5.74) is 2.19. The summed E-state index contributed by atoms with van der Waals surface area (Å²) in [6, 6.07) is 0. The molecule has 0 radical (unpaired) electrons. The topological polar surface area (TPSA) is 98.0 Å². The van der Waals surface area contributed by atoms with E-state index in [0.29, 0.717) is 0 Å². The summed E-state index contributed by atoms with van der Waals surface area (Å²) in [5, 5.41) is 0. The highest BCUT2D eigenvalue weighted by atomic mass is 32.2. The van der Waals surface area contributed by atoms with Gasteiger partial charge in [-0.15, -0.1) is 0 Å². The molecule has 1 rings (SSSR count). The van der Waals surface area contributed by atoms with Gasteiger partial charge in [0.2, 0.25) is 5.95 Å². The molecule has 0 fully saturated rings. The van der Waals surface area contributed by atoms with Crippen LogP contribution in [0.3, 0.4) is 0 Å². The van der Waals surface area contributed by atoms with Crippen molar-refractivity contribution in [2.24, 2.45) is 5.84 Å². The minimum absolute atomic E-state index is 0.0708. The lowest BCUT2D eigenvalue weighted by molar-refractivity contribution is 0.601. The summed E-state index contributed by atoms with van der Waals surface area (Å²) in [5.74, 6) is 5.17. The van der Waals surface area contributed by atoms with Crippen LogP contribution in [0.1, 0.15) is 0 Å². The van der Waals surface area contributed by atoms with Crippen LogP contribution in [0.5, 0.6) is 0 Å². The van der Waals surface area contributed by atoms with Crippen molar-refractivity contribution in [3.8, 4) is 0 Å². The molecule has 0 saturated carbocycles. The van der Waals surface area contributed by atoms with Gasteiger partial charge in [-0.2, -0.15) is 0 Å². The third-order valence-corrected chi connectivity index (χ3v) is 2.25. The van der Waals surface area contributed by atoms with Crippen LogP contribution < -0.4 is 11.3 Å². The third kappa shape index (κ3) is 1.89. The highest BCUT2D eigenvalue weighted by Crippen LogP contribution is 2.05. The van der Waals surface area contributed by atoms with E-state index in [2.05, 4.69) is 15.4 Å². The Hall–Kier alpha value is -1.21. The average Bonchev–Trinajstić information content (AvgIpc) is 2.03. The van der Waals surface area contributed by atoms with Gasteiger partial charge >= 0.3 is 0 Å². The van der Waals surface area contributed by atoms with Gasteiger partial charge in [-0.25, -0.2) is 24.2 Å². The normalized spacial score (nSPS) is 11.2. The zero-order valence-corrected chi connectivity index (χ0v) is 7.17. The molecule has 0 aliphatic rings. The molecule has 0 unspecified atom stereocenters. The summed E-state index contributed by atoms with van der Waals surface area (Å²) in [7, 11) is -3.22. The van der Waals surface area contributed by atoms with E-state index in [-0.39, 0.29) is 10.8 Å². The zero-order valence-electron chi connectivity index (χ0n) is 6.35. The molecule has 0 aliphatic carbocycles. The molecular formula is C5H8N4O2S. The van der Waals surface area contributed by atoms with Crippen LogP contribution in [0.15, 0.2) is 17.3 Å². The minimum Gasteiger partial charge on any atom is -0.292 e. The number of hydrogen-bond acceptors (Lipinski definition) is 6. The number of sulfone groups is 1. The molecule has 1 aromatic heterocycles. The number of hydrogen-bond donors (Lipinski definition) is 2. The predicted octanol–water partition coefficient (Wildman–Crippen LogP) is -0.834. The molecule has 66 valence electrons. The molecule has 0 spiro atoms. The predicted molar refractivity (Wildman–Crippen MR) is 43.0 cm³/mol. The van der Waals surface area contributed by atoms with Gasteiger partial charge in [-0.3, -0.25) is 5.43 Å². The summed E-state index contributed by atoms with van der Waals surface area (Å²) < 4.78 is 21.8. The molecule has 0 bridgehead atoms. The number of aromatic nitrogens is 2. The molecule has 0 aliphatic heterocycles. The van der Waals surface area contributed by atoms with Crippen LogP contribution >= 0.6 is 0 Å². The first-order valence-electron chi connectivity index (χ1n) is 3.03. The van der Waals surface area contributed by atoms with Crippen molar-refractivity contribution in [1.29, 1.82) is 0 Å². The zero-order chi connectivity index (χ0) is 9.19. The van der Waals surface area contributed by atoms with E-state index in [9.17, 15) is 8.42 Å². The van der Waals surface area contributed by atoms with Crippen LogP contribution in [0.25, 0.3) is 0 Å². The second kappa shape index (κ2) is 3.03. The minimum atomic E-state index is -3.22. The van der Waals surface area contributed by atoms with Crippen LogP contribution in [-0.2, 0) is 9.84 Å². The Morgan fingerprint density at radius 3 is 2.25 bits per heavy atom. The van der Waals surface area contributed by atoms with Crippen LogP contribution in [0.4, 0.5) is 5.95 Å². The Bertz CT molecular complexity index is 358. The standard InChI is InChI=1S/C5H8N4O2S/c1-12(10,11)4-2-7-5(9-6)8-3-4/h2-3H,6H2,1H3,(H,7,8,9). The highest BCUT2D eigenvalue weighted by molar-refractivity contribution is 7.90. The van der Waals surface area contributed by atoms with E-state index >= 15 is 0 Å². The summed E-state index contributed by atoms with van der Waals surface area (Å²) >= 11 is 0. The van der Waals surface area contributed by atoms with E-state index in [0.717, 1.165) is 6.26 Å². The second-order valence-electron chi connectivity index (χ2n) is 2.16. The molecule has 6 nitrogen and oxygen atoms in total.